The lowest BCUT2D eigenvalue weighted by molar-refractivity contribution is 0.0446. The molecule has 2 rings (SSSR count). The third kappa shape index (κ3) is 4.02. The van der Waals surface area contributed by atoms with Crippen LogP contribution >= 0.6 is 11.3 Å². The van der Waals surface area contributed by atoms with Gasteiger partial charge in [-0.05, 0) is 12.5 Å². The number of carbonyl (C=O) groups is 3. The van der Waals surface area contributed by atoms with E-state index in [1.165, 1.54) is 14.2 Å². The Morgan fingerprint density at radius 3 is 2.50 bits per heavy atom. The molecule has 0 unspecified atom stereocenters. The average molecular weight is 381 g/mol. The molecule has 0 aliphatic carbocycles. The molecule has 0 radical (unpaired) electrons. The number of aromatic amines is 1. The number of hydrogen-bond acceptors (Lipinski definition) is 9. The van der Waals surface area contributed by atoms with Crippen LogP contribution in [-0.2, 0) is 27.2 Å². The van der Waals surface area contributed by atoms with E-state index in [4.69, 9.17) is 10.5 Å². The summed E-state index contributed by atoms with van der Waals surface area (Å²) < 4.78 is 14.6. The molecule has 0 amide bonds. The molecular formula is C16H19N3O6S. The third-order valence-corrected chi connectivity index (χ3v) is 4.54. The molecule has 0 fully saturated rings. The third-order valence-electron chi connectivity index (χ3n) is 3.50. The largest absolute Gasteiger partial charge is 0.465 e. The van der Waals surface area contributed by atoms with Crippen molar-refractivity contribution in [3.8, 4) is 0 Å². The number of aryl methyl sites for hydroxylation is 1. The van der Waals surface area contributed by atoms with Gasteiger partial charge in [0.25, 0.3) is 0 Å². The summed E-state index contributed by atoms with van der Waals surface area (Å²) in [5.41, 5.74) is 6.86. The molecule has 0 saturated heterocycles. The van der Waals surface area contributed by atoms with Gasteiger partial charge in [-0.2, -0.15) is 5.10 Å². The SMILES string of the molecule is CCCc1cc(C(=O)OCc2c(C(=O)OC)sc(N)c2C(=O)OC)n[nH]1. The molecule has 10 heteroatoms. The number of hydrogen-bond donors (Lipinski definition) is 2. The van der Waals surface area contributed by atoms with Gasteiger partial charge in [-0.3, -0.25) is 5.10 Å². The fourth-order valence-electron chi connectivity index (χ4n) is 2.28. The summed E-state index contributed by atoms with van der Waals surface area (Å²) in [4.78, 5) is 36.1. The quantitative estimate of drug-likeness (QED) is 0.549. The number of nitrogens with zero attached hydrogens (tertiary/aromatic N) is 1. The molecule has 0 saturated carbocycles. The molecule has 9 nitrogen and oxygen atoms in total. The van der Waals surface area contributed by atoms with Crippen LogP contribution in [0.3, 0.4) is 0 Å². The first-order valence-corrected chi connectivity index (χ1v) is 8.53. The van der Waals surface area contributed by atoms with E-state index in [1.807, 2.05) is 6.92 Å². The van der Waals surface area contributed by atoms with Gasteiger partial charge >= 0.3 is 17.9 Å². The maximum atomic E-state index is 12.2. The zero-order chi connectivity index (χ0) is 19.3. The van der Waals surface area contributed by atoms with Crippen LogP contribution in [0.1, 0.15) is 55.1 Å². The summed E-state index contributed by atoms with van der Waals surface area (Å²) >= 11 is 0.865. The number of anilines is 1. The molecule has 2 aromatic heterocycles. The highest BCUT2D eigenvalue weighted by Gasteiger charge is 2.28. The molecule has 3 N–H and O–H groups in total. The predicted octanol–water partition coefficient (Wildman–Crippen LogP) is 1.94. The maximum absolute atomic E-state index is 12.2. The lowest BCUT2D eigenvalue weighted by Crippen LogP contribution is -2.13. The van der Waals surface area contributed by atoms with Crippen molar-refractivity contribution >= 4 is 34.2 Å². The van der Waals surface area contributed by atoms with E-state index in [0.29, 0.717) is 0 Å². The van der Waals surface area contributed by atoms with E-state index >= 15 is 0 Å². The minimum absolute atomic E-state index is 0.0144. The van der Waals surface area contributed by atoms with Crippen LogP contribution in [0.5, 0.6) is 0 Å². The van der Waals surface area contributed by atoms with Gasteiger partial charge in [0.2, 0.25) is 0 Å². The fourth-order valence-corrected chi connectivity index (χ4v) is 3.26. The number of esters is 3. The monoisotopic (exact) mass is 381 g/mol. The van der Waals surface area contributed by atoms with E-state index in [0.717, 1.165) is 29.9 Å². The van der Waals surface area contributed by atoms with Crippen molar-refractivity contribution < 1.29 is 28.6 Å². The van der Waals surface area contributed by atoms with Gasteiger partial charge in [0, 0.05) is 11.3 Å². The molecule has 0 aliphatic rings. The number of thiophene rings is 1. The van der Waals surface area contributed by atoms with Gasteiger partial charge in [0.15, 0.2) is 5.69 Å². The predicted molar refractivity (Wildman–Crippen MR) is 93.1 cm³/mol. The number of H-pyrrole nitrogens is 1. The minimum atomic E-state index is -0.732. The first kappa shape index (κ1) is 19.4. The Bertz CT molecular complexity index is 826. The van der Waals surface area contributed by atoms with Crippen molar-refractivity contribution in [3.05, 3.63) is 33.5 Å². The summed E-state index contributed by atoms with van der Waals surface area (Å²) in [5, 5.41) is 6.72. The highest BCUT2D eigenvalue weighted by molar-refractivity contribution is 7.18. The van der Waals surface area contributed by atoms with Gasteiger partial charge in [0.05, 0.1) is 14.2 Å². The topological polar surface area (TPSA) is 134 Å². The van der Waals surface area contributed by atoms with Gasteiger partial charge < -0.3 is 19.9 Å². The Balaban J connectivity index is 2.25. The first-order valence-electron chi connectivity index (χ1n) is 7.72. The summed E-state index contributed by atoms with van der Waals surface area (Å²) in [6.07, 6.45) is 1.65. The standard InChI is InChI=1S/C16H19N3O6S/c1-4-5-8-6-10(19-18-8)14(20)25-7-9-11(15(21)23-2)13(17)26-12(9)16(22)24-3/h6H,4-5,7,17H2,1-3H3,(H,18,19). The number of nitrogens with one attached hydrogen (secondary N) is 1. The normalized spacial score (nSPS) is 10.4. The Labute approximate surface area is 153 Å². The fraction of sp³-hybridized carbons (Fsp3) is 0.375. The van der Waals surface area contributed by atoms with Crippen molar-refractivity contribution in [2.45, 2.75) is 26.4 Å². The molecule has 0 atom stereocenters. The van der Waals surface area contributed by atoms with Crippen LogP contribution in [0.4, 0.5) is 5.00 Å². The zero-order valence-corrected chi connectivity index (χ0v) is 15.4. The van der Waals surface area contributed by atoms with Gasteiger partial charge in [-0.1, -0.05) is 13.3 Å². The van der Waals surface area contributed by atoms with Crippen LogP contribution in [0, 0.1) is 0 Å². The highest BCUT2D eigenvalue weighted by Crippen LogP contribution is 2.33. The maximum Gasteiger partial charge on any atom is 0.359 e. The summed E-state index contributed by atoms with van der Waals surface area (Å²) in [6, 6.07) is 1.59. The zero-order valence-electron chi connectivity index (χ0n) is 14.6. The van der Waals surface area contributed by atoms with Gasteiger partial charge in [-0.25, -0.2) is 14.4 Å². The number of rotatable bonds is 7. The number of nitrogen functional groups attached to an aromatic ring is 1. The molecule has 140 valence electrons. The first-order chi connectivity index (χ1) is 12.4. The number of carbonyl (C=O) groups excluding carboxylic acids is 3. The second-order valence-electron chi connectivity index (χ2n) is 5.24. The number of aromatic nitrogens is 2. The number of nitrogens with two attached hydrogens (primary N) is 1. The average Bonchev–Trinajstić information content (AvgIpc) is 3.23. The summed E-state index contributed by atoms with van der Waals surface area (Å²) in [6.45, 7) is 1.65. The van der Waals surface area contributed by atoms with Crippen molar-refractivity contribution in [3.63, 3.8) is 0 Å². The van der Waals surface area contributed by atoms with Gasteiger partial charge in [0.1, 0.15) is 22.0 Å². The van der Waals surface area contributed by atoms with Crippen LogP contribution < -0.4 is 5.73 Å². The molecule has 0 bridgehead atoms. The van der Waals surface area contributed by atoms with E-state index in [9.17, 15) is 14.4 Å². The Kier molecular flexibility index (Phi) is 6.34. The van der Waals surface area contributed by atoms with Crippen LogP contribution in [0.15, 0.2) is 6.07 Å². The molecule has 2 aromatic rings. The highest BCUT2D eigenvalue weighted by atomic mass is 32.1. The summed E-state index contributed by atoms with van der Waals surface area (Å²) in [5.74, 6) is -2.11. The van der Waals surface area contributed by atoms with Crippen LogP contribution in [-0.4, -0.2) is 42.3 Å². The molecule has 0 aliphatic heterocycles. The lowest BCUT2D eigenvalue weighted by Gasteiger charge is -2.07. The summed E-state index contributed by atoms with van der Waals surface area (Å²) in [7, 11) is 2.39. The van der Waals surface area contributed by atoms with E-state index in [2.05, 4.69) is 19.7 Å². The van der Waals surface area contributed by atoms with Crippen molar-refractivity contribution in [2.24, 2.45) is 0 Å². The van der Waals surface area contributed by atoms with E-state index < -0.39 is 17.9 Å². The lowest BCUT2D eigenvalue weighted by atomic mass is 10.1. The number of methoxy groups -OCH3 is 2. The van der Waals surface area contributed by atoms with Crippen molar-refractivity contribution in [1.82, 2.24) is 10.2 Å². The van der Waals surface area contributed by atoms with Crippen molar-refractivity contribution in [2.75, 3.05) is 20.0 Å². The second kappa shape index (κ2) is 8.48. The molecule has 2 heterocycles. The second-order valence-corrected chi connectivity index (χ2v) is 6.29. The van der Waals surface area contributed by atoms with Crippen molar-refractivity contribution in [1.29, 1.82) is 0 Å². The van der Waals surface area contributed by atoms with E-state index in [1.54, 1.807) is 6.07 Å². The van der Waals surface area contributed by atoms with Crippen LogP contribution in [0.25, 0.3) is 0 Å². The van der Waals surface area contributed by atoms with Gasteiger partial charge in [-0.15, -0.1) is 11.3 Å². The molecule has 26 heavy (non-hydrogen) atoms. The molecule has 0 aromatic carbocycles. The van der Waals surface area contributed by atoms with E-state index in [-0.39, 0.29) is 33.3 Å². The Hall–Kier alpha value is -2.88. The Morgan fingerprint density at radius 2 is 1.88 bits per heavy atom. The van der Waals surface area contributed by atoms with Crippen LogP contribution in [0.2, 0.25) is 0 Å². The Morgan fingerprint density at radius 1 is 1.19 bits per heavy atom. The number of ether oxygens (including phenoxy) is 3. The smallest absolute Gasteiger partial charge is 0.359 e. The minimum Gasteiger partial charge on any atom is -0.465 e. The molecular weight excluding hydrogens is 362 g/mol. The molecule has 0 spiro atoms.